The van der Waals surface area contributed by atoms with Crippen LogP contribution in [0.1, 0.15) is 12.0 Å². The number of para-hydroxylation sites is 1. The van der Waals surface area contributed by atoms with Gasteiger partial charge in [0.1, 0.15) is 6.61 Å². The number of carbonyl (C=O) groups excluding carboxylic acids is 1. The van der Waals surface area contributed by atoms with Gasteiger partial charge < -0.3 is 9.64 Å². The van der Waals surface area contributed by atoms with E-state index in [4.69, 9.17) is 4.74 Å². The maximum atomic E-state index is 11.8. The van der Waals surface area contributed by atoms with Crippen LogP contribution >= 0.6 is 0 Å². The summed E-state index contributed by atoms with van der Waals surface area (Å²) in [5.41, 5.74) is 2.36. The highest BCUT2D eigenvalue weighted by atomic mass is 16.5. The maximum Gasteiger partial charge on any atom is 0.248 e. The summed E-state index contributed by atoms with van der Waals surface area (Å²) in [5.74, 6) is 0.606. The number of ether oxygens (including phenoxy) is 1. The van der Waals surface area contributed by atoms with E-state index >= 15 is 0 Å². The third-order valence-corrected chi connectivity index (χ3v) is 4.13. The average Bonchev–Trinajstić information content (AvgIpc) is 2.97. The third-order valence-electron chi connectivity index (χ3n) is 4.13. The Labute approximate surface area is 124 Å². The Balaban J connectivity index is 1.71. The Kier molecular flexibility index (Phi) is 4.15. The van der Waals surface area contributed by atoms with Crippen molar-refractivity contribution < 1.29 is 9.53 Å². The zero-order valence-electron chi connectivity index (χ0n) is 12.3. The molecule has 21 heavy (non-hydrogen) atoms. The minimum atomic E-state index is 0.0936. The number of benzene rings is 1. The molecule has 1 amide bonds. The topological polar surface area (TPSA) is 42.4 Å². The monoisotopic (exact) mass is 284 g/mol. The molecule has 1 aromatic heterocycles. The summed E-state index contributed by atoms with van der Waals surface area (Å²) in [6.45, 7) is 1.85. The molecule has 0 radical (unpaired) electrons. The van der Waals surface area contributed by atoms with Crippen LogP contribution in [-0.2, 0) is 16.0 Å². The van der Waals surface area contributed by atoms with Gasteiger partial charge in [-0.25, -0.2) is 0 Å². The van der Waals surface area contributed by atoms with E-state index in [1.807, 2.05) is 17.2 Å². The van der Waals surface area contributed by atoms with Gasteiger partial charge in [-0.3, -0.25) is 9.78 Å². The zero-order valence-corrected chi connectivity index (χ0v) is 12.3. The van der Waals surface area contributed by atoms with E-state index in [1.165, 1.54) is 10.9 Å². The smallest absolute Gasteiger partial charge is 0.248 e. The molecule has 1 aliphatic heterocycles. The number of fused-ring (bicyclic) bond motifs is 1. The maximum absolute atomic E-state index is 11.8. The number of likely N-dealkylation sites (tertiary alicyclic amines) is 1. The molecule has 1 aliphatic rings. The first-order valence-electron chi connectivity index (χ1n) is 7.37. The number of hydrogen-bond acceptors (Lipinski definition) is 3. The van der Waals surface area contributed by atoms with E-state index in [1.54, 1.807) is 7.11 Å². The van der Waals surface area contributed by atoms with Crippen molar-refractivity contribution in [1.82, 2.24) is 9.88 Å². The summed E-state index contributed by atoms with van der Waals surface area (Å²) in [6, 6.07) is 10.4. The molecule has 110 valence electrons. The van der Waals surface area contributed by atoms with Crippen LogP contribution in [0.25, 0.3) is 10.9 Å². The summed E-state index contributed by atoms with van der Waals surface area (Å²) >= 11 is 0. The summed E-state index contributed by atoms with van der Waals surface area (Å²) in [5, 5.41) is 1.18. The normalized spacial score (nSPS) is 18.3. The number of aromatic nitrogens is 1. The summed E-state index contributed by atoms with van der Waals surface area (Å²) in [7, 11) is 1.56. The summed E-state index contributed by atoms with van der Waals surface area (Å²) < 4.78 is 4.93. The van der Waals surface area contributed by atoms with Gasteiger partial charge in [-0.15, -0.1) is 0 Å². The first kappa shape index (κ1) is 14.0. The largest absolute Gasteiger partial charge is 0.375 e. The standard InChI is InChI=1S/C17H20N2O2/c1-21-12-16(20)19-9-7-13(11-19)10-15-5-2-4-14-6-3-8-18-17(14)15/h2-6,8,13H,7,9-12H2,1H3/t13-/m1/s1. The highest BCUT2D eigenvalue weighted by Gasteiger charge is 2.26. The molecule has 4 nitrogen and oxygen atoms in total. The number of rotatable bonds is 4. The second kappa shape index (κ2) is 6.22. The van der Waals surface area contributed by atoms with Gasteiger partial charge in [0, 0.05) is 31.8 Å². The van der Waals surface area contributed by atoms with Crippen LogP contribution in [0.5, 0.6) is 0 Å². The van der Waals surface area contributed by atoms with Gasteiger partial charge >= 0.3 is 0 Å². The first-order valence-corrected chi connectivity index (χ1v) is 7.37. The number of methoxy groups -OCH3 is 1. The van der Waals surface area contributed by atoms with Gasteiger partial charge in [-0.1, -0.05) is 24.3 Å². The van der Waals surface area contributed by atoms with Gasteiger partial charge in [-0.2, -0.15) is 0 Å². The van der Waals surface area contributed by atoms with E-state index < -0.39 is 0 Å². The molecule has 1 saturated heterocycles. The molecule has 2 aromatic rings. The van der Waals surface area contributed by atoms with Gasteiger partial charge in [-0.05, 0) is 30.4 Å². The predicted molar refractivity (Wildman–Crippen MR) is 82.0 cm³/mol. The number of hydrogen-bond donors (Lipinski definition) is 0. The molecular formula is C17H20N2O2. The van der Waals surface area contributed by atoms with Crippen LogP contribution < -0.4 is 0 Å². The van der Waals surface area contributed by atoms with Crippen molar-refractivity contribution in [2.24, 2.45) is 5.92 Å². The average molecular weight is 284 g/mol. The van der Waals surface area contributed by atoms with Crippen molar-refractivity contribution >= 4 is 16.8 Å². The second-order valence-electron chi connectivity index (χ2n) is 5.62. The highest BCUT2D eigenvalue weighted by Crippen LogP contribution is 2.24. The van der Waals surface area contributed by atoms with Gasteiger partial charge in [0.15, 0.2) is 0 Å². The quantitative estimate of drug-likeness (QED) is 0.865. The van der Waals surface area contributed by atoms with E-state index in [2.05, 4.69) is 29.2 Å². The van der Waals surface area contributed by atoms with Crippen molar-refractivity contribution in [2.75, 3.05) is 26.8 Å². The van der Waals surface area contributed by atoms with Crippen molar-refractivity contribution in [2.45, 2.75) is 12.8 Å². The zero-order chi connectivity index (χ0) is 14.7. The Morgan fingerprint density at radius 2 is 2.24 bits per heavy atom. The van der Waals surface area contributed by atoms with Crippen LogP contribution in [0.3, 0.4) is 0 Å². The molecule has 0 saturated carbocycles. The van der Waals surface area contributed by atoms with E-state index in [0.29, 0.717) is 5.92 Å². The Bertz CT molecular complexity index is 636. The molecule has 4 heteroatoms. The van der Waals surface area contributed by atoms with E-state index in [9.17, 15) is 4.79 Å². The lowest BCUT2D eigenvalue weighted by Crippen LogP contribution is -2.31. The molecule has 1 atom stereocenters. The Morgan fingerprint density at radius 1 is 1.38 bits per heavy atom. The molecule has 0 N–H and O–H groups in total. The second-order valence-corrected chi connectivity index (χ2v) is 5.62. The molecule has 2 heterocycles. The van der Waals surface area contributed by atoms with Gasteiger partial charge in [0.25, 0.3) is 0 Å². The Hall–Kier alpha value is -1.94. The van der Waals surface area contributed by atoms with Crippen molar-refractivity contribution in [3.05, 3.63) is 42.1 Å². The van der Waals surface area contributed by atoms with Crippen LogP contribution in [-0.4, -0.2) is 42.6 Å². The minimum Gasteiger partial charge on any atom is -0.375 e. The summed E-state index contributed by atoms with van der Waals surface area (Å²) in [4.78, 5) is 18.3. The number of amides is 1. The van der Waals surface area contributed by atoms with Crippen LogP contribution in [0.2, 0.25) is 0 Å². The number of pyridine rings is 1. The van der Waals surface area contributed by atoms with Gasteiger partial charge in [0.2, 0.25) is 5.91 Å². The fraction of sp³-hybridized carbons (Fsp3) is 0.412. The van der Waals surface area contributed by atoms with E-state index in [0.717, 1.165) is 31.4 Å². The van der Waals surface area contributed by atoms with Crippen molar-refractivity contribution in [3.8, 4) is 0 Å². The lowest BCUT2D eigenvalue weighted by molar-refractivity contribution is -0.134. The Morgan fingerprint density at radius 3 is 3.10 bits per heavy atom. The summed E-state index contributed by atoms with van der Waals surface area (Å²) in [6.07, 6.45) is 3.87. The molecule has 1 aromatic carbocycles. The number of carbonyl (C=O) groups is 1. The van der Waals surface area contributed by atoms with Crippen LogP contribution in [0, 0.1) is 5.92 Å². The fourth-order valence-corrected chi connectivity index (χ4v) is 3.08. The van der Waals surface area contributed by atoms with Crippen molar-refractivity contribution in [3.63, 3.8) is 0 Å². The molecule has 0 unspecified atom stereocenters. The fourth-order valence-electron chi connectivity index (χ4n) is 3.08. The lowest BCUT2D eigenvalue weighted by atomic mass is 9.97. The SMILES string of the molecule is COCC(=O)N1CC[C@H](Cc2cccc3cccnc23)C1. The van der Waals surface area contributed by atoms with Crippen LogP contribution in [0.15, 0.2) is 36.5 Å². The minimum absolute atomic E-state index is 0.0936. The lowest BCUT2D eigenvalue weighted by Gasteiger charge is -2.16. The van der Waals surface area contributed by atoms with E-state index in [-0.39, 0.29) is 12.5 Å². The van der Waals surface area contributed by atoms with Gasteiger partial charge in [0.05, 0.1) is 5.52 Å². The molecule has 3 rings (SSSR count). The molecule has 0 bridgehead atoms. The molecule has 0 aliphatic carbocycles. The predicted octanol–water partition coefficient (Wildman–Crippen LogP) is 2.27. The number of nitrogens with zero attached hydrogens (tertiary/aromatic N) is 2. The molecule has 0 spiro atoms. The third kappa shape index (κ3) is 3.05. The molecular weight excluding hydrogens is 264 g/mol. The van der Waals surface area contributed by atoms with Crippen molar-refractivity contribution in [1.29, 1.82) is 0 Å². The molecule has 1 fully saturated rings. The first-order chi connectivity index (χ1) is 10.3. The van der Waals surface area contributed by atoms with Crippen LogP contribution in [0.4, 0.5) is 0 Å². The highest BCUT2D eigenvalue weighted by molar-refractivity contribution is 5.81.